The molecule has 0 saturated carbocycles. The van der Waals surface area contributed by atoms with Crippen molar-refractivity contribution in [3.8, 4) is 0 Å². The third kappa shape index (κ3) is 3.61. The smallest absolute Gasteiger partial charge is 0.266 e. The Bertz CT molecular complexity index is 556. The van der Waals surface area contributed by atoms with Crippen LogP contribution >= 0.6 is 22.6 Å². The van der Waals surface area contributed by atoms with Crippen molar-refractivity contribution in [3.63, 3.8) is 0 Å². The van der Waals surface area contributed by atoms with Crippen molar-refractivity contribution < 1.29 is 0 Å². The molecule has 0 amide bonds. The van der Waals surface area contributed by atoms with Gasteiger partial charge in [0.1, 0.15) is 0 Å². The minimum Gasteiger partial charge on any atom is -0.309 e. The van der Waals surface area contributed by atoms with Gasteiger partial charge in [0.05, 0.1) is 15.6 Å². The van der Waals surface area contributed by atoms with Gasteiger partial charge < -0.3 is 5.32 Å². The van der Waals surface area contributed by atoms with E-state index >= 15 is 0 Å². The quantitative estimate of drug-likeness (QED) is 0.642. The van der Waals surface area contributed by atoms with Gasteiger partial charge in [0, 0.05) is 32.0 Å². The molecule has 0 bridgehead atoms. The molecule has 1 N–H and O–H groups in total. The first-order chi connectivity index (χ1) is 8.77. The molecule has 0 fully saturated rings. The van der Waals surface area contributed by atoms with Gasteiger partial charge in [-0.1, -0.05) is 6.07 Å². The van der Waals surface area contributed by atoms with Crippen LogP contribution in [0.4, 0.5) is 0 Å². The molecule has 6 heteroatoms. The Labute approximate surface area is 118 Å². The first kappa shape index (κ1) is 13.2. The average Bonchev–Trinajstić information content (AvgIpc) is 2.40. The third-order valence-electron chi connectivity index (χ3n) is 2.42. The van der Waals surface area contributed by atoms with E-state index in [9.17, 15) is 4.79 Å². The fourth-order valence-electron chi connectivity index (χ4n) is 1.50. The molecule has 0 unspecified atom stereocenters. The van der Waals surface area contributed by atoms with E-state index < -0.39 is 0 Å². The zero-order valence-electron chi connectivity index (χ0n) is 9.71. The van der Waals surface area contributed by atoms with Gasteiger partial charge in [-0.15, -0.1) is 0 Å². The second kappa shape index (κ2) is 6.60. The van der Waals surface area contributed by atoms with Crippen molar-refractivity contribution in [2.75, 3.05) is 6.54 Å². The molecule has 2 rings (SSSR count). The predicted molar refractivity (Wildman–Crippen MR) is 77.2 cm³/mol. The molecule has 2 heterocycles. The molecule has 0 saturated heterocycles. The summed E-state index contributed by atoms with van der Waals surface area (Å²) in [6.07, 6.45) is 4.90. The molecular weight excluding hydrogens is 343 g/mol. The van der Waals surface area contributed by atoms with Gasteiger partial charge >= 0.3 is 0 Å². The summed E-state index contributed by atoms with van der Waals surface area (Å²) < 4.78 is 2.24. The lowest BCUT2D eigenvalue weighted by Gasteiger charge is -2.06. The van der Waals surface area contributed by atoms with Crippen LogP contribution in [-0.4, -0.2) is 21.1 Å². The molecule has 0 aliphatic rings. The maximum absolute atomic E-state index is 11.7. The van der Waals surface area contributed by atoms with Crippen LogP contribution in [0.2, 0.25) is 0 Å². The van der Waals surface area contributed by atoms with Crippen molar-refractivity contribution in [2.24, 2.45) is 0 Å². The summed E-state index contributed by atoms with van der Waals surface area (Å²) in [6, 6.07) is 5.81. The van der Waals surface area contributed by atoms with Gasteiger partial charge in [-0.2, -0.15) is 0 Å². The molecule has 2 aromatic rings. The number of halogens is 1. The number of nitrogens with zero attached hydrogens (tertiary/aromatic N) is 3. The minimum absolute atomic E-state index is 0.00485. The Kier molecular flexibility index (Phi) is 4.82. The van der Waals surface area contributed by atoms with Crippen molar-refractivity contribution in [2.45, 2.75) is 13.1 Å². The molecule has 0 spiro atoms. The number of hydrogen-bond donors (Lipinski definition) is 1. The molecule has 0 aromatic carbocycles. The van der Waals surface area contributed by atoms with E-state index in [1.54, 1.807) is 23.3 Å². The summed E-state index contributed by atoms with van der Waals surface area (Å²) >= 11 is 1.99. The van der Waals surface area contributed by atoms with E-state index in [-0.39, 0.29) is 5.56 Å². The number of rotatable bonds is 5. The van der Waals surface area contributed by atoms with Crippen molar-refractivity contribution >= 4 is 22.6 Å². The van der Waals surface area contributed by atoms with Crippen molar-refractivity contribution in [3.05, 3.63) is 56.5 Å². The van der Waals surface area contributed by atoms with Crippen LogP contribution in [0.25, 0.3) is 0 Å². The predicted octanol–water partition coefficient (Wildman–Crippen LogP) is 1.03. The van der Waals surface area contributed by atoms with Gasteiger partial charge in [0.2, 0.25) is 0 Å². The summed E-state index contributed by atoms with van der Waals surface area (Å²) in [5.74, 6) is 0. The maximum atomic E-state index is 11.7. The largest absolute Gasteiger partial charge is 0.309 e. The summed E-state index contributed by atoms with van der Waals surface area (Å²) in [6.45, 7) is 2.01. The molecule has 0 atom stereocenters. The molecule has 94 valence electrons. The van der Waals surface area contributed by atoms with Gasteiger partial charge in [0.25, 0.3) is 5.56 Å². The molecule has 0 aliphatic carbocycles. The first-order valence-electron chi connectivity index (χ1n) is 5.58. The summed E-state index contributed by atoms with van der Waals surface area (Å²) in [5.41, 5.74) is 0.996. The van der Waals surface area contributed by atoms with E-state index in [0.717, 1.165) is 5.69 Å². The van der Waals surface area contributed by atoms with E-state index in [2.05, 4.69) is 15.3 Å². The summed E-state index contributed by atoms with van der Waals surface area (Å²) in [5, 5.41) is 3.24. The Balaban J connectivity index is 1.82. The van der Waals surface area contributed by atoms with E-state index in [1.807, 2.05) is 40.8 Å². The van der Waals surface area contributed by atoms with Gasteiger partial charge in [-0.05, 0) is 34.7 Å². The molecule has 0 aliphatic heterocycles. The minimum atomic E-state index is 0.00485. The topological polar surface area (TPSA) is 59.8 Å². The van der Waals surface area contributed by atoms with Crippen LogP contribution in [0.5, 0.6) is 0 Å². The highest BCUT2D eigenvalue weighted by Gasteiger charge is 2.00. The molecule has 2 aromatic heterocycles. The summed E-state index contributed by atoms with van der Waals surface area (Å²) in [4.78, 5) is 19.9. The number of aromatic nitrogens is 3. The SMILES string of the molecule is O=c1c(I)cncn1CCNCc1ccccn1. The van der Waals surface area contributed by atoms with Crippen LogP contribution in [0.1, 0.15) is 5.69 Å². The third-order valence-corrected chi connectivity index (χ3v) is 3.16. The zero-order valence-corrected chi connectivity index (χ0v) is 11.9. The van der Waals surface area contributed by atoms with Crippen LogP contribution < -0.4 is 10.9 Å². The Morgan fingerprint density at radius 1 is 1.39 bits per heavy atom. The Morgan fingerprint density at radius 2 is 2.28 bits per heavy atom. The molecule has 18 heavy (non-hydrogen) atoms. The lowest BCUT2D eigenvalue weighted by Crippen LogP contribution is -2.28. The highest BCUT2D eigenvalue weighted by atomic mass is 127. The second-order valence-electron chi connectivity index (χ2n) is 3.74. The zero-order chi connectivity index (χ0) is 12.8. The highest BCUT2D eigenvalue weighted by molar-refractivity contribution is 14.1. The number of hydrogen-bond acceptors (Lipinski definition) is 4. The van der Waals surface area contributed by atoms with Crippen LogP contribution in [-0.2, 0) is 13.1 Å². The average molecular weight is 356 g/mol. The van der Waals surface area contributed by atoms with Crippen LogP contribution in [0.15, 0.2) is 41.7 Å². The van der Waals surface area contributed by atoms with E-state index in [4.69, 9.17) is 0 Å². The lowest BCUT2D eigenvalue weighted by atomic mass is 10.3. The van der Waals surface area contributed by atoms with Crippen molar-refractivity contribution in [1.82, 2.24) is 19.9 Å². The summed E-state index contributed by atoms with van der Waals surface area (Å²) in [7, 11) is 0. The van der Waals surface area contributed by atoms with Gasteiger partial charge in [-0.3, -0.25) is 14.3 Å². The highest BCUT2D eigenvalue weighted by Crippen LogP contribution is 1.93. The number of pyridine rings is 1. The van der Waals surface area contributed by atoms with Crippen molar-refractivity contribution in [1.29, 1.82) is 0 Å². The normalized spacial score (nSPS) is 10.5. The Morgan fingerprint density at radius 3 is 3.06 bits per heavy atom. The lowest BCUT2D eigenvalue weighted by molar-refractivity contribution is 0.572. The maximum Gasteiger partial charge on any atom is 0.266 e. The second-order valence-corrected chi connectivity index (χ2v) is 4.90. The monoisotopic (exact) mass is 356 g/mol. The first-order valence-corrected chi connectivity index (χ1v) is 6.66. The van der Waals surface area contributed by atoms with E-state index in [0.29, 0.717) is 23.2 Å². The standard InChI is InChI=1S/C12H13IN4O/c13-11-8-15-9-17(12(11)18)6-5-14-7-10-3-1-2-4-16-10/h1-4,8-9,14H,5-7H2. The van der Waals surface area contributed by atoms with Gasteiger partial charge in [0.15, 0.2) is 0 Å². The van der Waals surface area contributed by atoms with E-state index in [1.165, 1.54) is 0 Å². The van der Waals surface area contributed by atoms with Crippen LogP contribution in [0.3, 0.4) is 0 Å². The molecular formula is C12H13IN4O. The fourth-order valence-corrected chi connectivity index (χ4v) is 1.97. The Hall–Kier alpha value is -1.28. The fraction of sp³-hybridized carbons (Fsp3) is 0.250. The van der Waals surface area contributed by atoms with Gasteiger partial charge in [-0.25, -0.2) is 4.98 Å². The molecule has 5 nitrogen and oxygen atoms in total. The number of nitrogens with one attached hydrogen (secondary N) is 1. The van der Waals surface area contributed by atoms with Crippen LogP contribution in [0, 0.1) is 3.57 Å². The molecule has 0 radical (unpaired) electrons.